The number of nitrogens with zero attached hydrogens (tertiary/aromatic N) is 3. The molecule has 2 N–H and O–H groups in total. The third-order valence-corrected chi connectivity index (χ3v) is 4.90. The summed E-state index contributed by atoms with van der Waals surface area (Å²) in [6, 6.07) is 3.95. The van der Waals surface area contributed by atoms with Gasteiger partial charge in [-0.1, -0.05) is 6.07 Å². The van der Waals surface area contributed by atoms with Gasteiger partial charge in [0.25, 0.3) is 0 Å². The zero-order valence-corrected chi connectivity index (χ0v) is 13.7. The lowest BCUT2D eigenvalue weighted by Crippen LogP contribution is -2.45. The maximum Gasteiger partial charge on any atom is 0.223 e. The predicted molar refractivity (Wildman–Crippen MR) is 89.1 cm³/mol. The maximum absolute atomic E-state index is 12.2. The van der Waals surface area contributed by atoms with E-state index < -0.39 is 0 Å². The third-order valence-electron chi connectivity index (χ3n) is 4.90. The summed E-state index contributed by atoms with van der Waals surface area (Å²) in [5.74, 6) is 0.982. The van der Waals surface area contributed by atoms with E-state index in [2.05, 4.69) is 27.1 Å². The smallest absolute Gasteiger partial charge is 0.223 e. The van der Waals surface area contributed by atoms with Crippen LogP contribution in [-0.2, 0) is 11.3 Å². The minimum Gasteiger partial charge on any atom is -0.393 e. The number of aliphatic hydroxyl groups is 1. The number of aromatic nitrogens is 1. The number of rotatable bonds is 4. The molecule has 3 rings (SSSR count). The number of likely N-dealkylation sites (N-methyl/N-ethyl adjacent to an activating group) is 1. The number of amides is 1. The third kappa shape index (κ3) is 4.00. The molecule has 1 saturated heterocycles. The van der Waals surface area contributed by atoms with Gasteiger partial charge in [-0.15, -0.1) is 0 Å². The van der Waals surface area contributed by atoms with E-state index in [-0.39, 0.29) is 17.9 Å². The van der Waals surface area contributed by atoms with Gasteiger partial charge < -0.3 is 20.2 Å². The fourth-order valence-corrected chi connectivity index (χ4v) is 3.39. The van der Waals surface area contributed by atoms with Crippen LogP contribution in [0, 0.1) is 5.92 Å². The van der Waals surface area contributed by atoms with Gasteiger partial charge in [-0.25, -0.2) is 4.98 Å². The summed E-state index contributed by atoms with van der Waals surface area (Å²) >= 11 is 0. The number of carbonyl (C=O) groups is 1. The van der Waals surface area contributed by atoms with Crippen LogP contribution in [0.1, 0.15) is 24.8 Å². The minimum absolute atomic E-state index is 0.0474. The van der Waals surface area contributed by atoms with Gasteiger partial charge in [0.1, 0.15) is 5.82 Å². The van der Waals surface area contributed by atoms with Crippen LogP contribution in [0.3, 0.4) is 0 Å². The van der Waals surface area contributed by atoms with Gasteiger partial charge in [-0.3, -0.25) is 4.79 Å². The summed E-state index contributed by atoms with van der Waals surface area (Å²) in [5.41, 5.74) is 1.06. The minimum atomic E-state index is -0.315. The molecule has 2 fully saturated rings. The molecular weight excluding hydrogens is 292 g/mol. The zero-order valence-electron chi connectivity index (χ0n) is 13.7. The molecule has 2 atom stereocenters. The Morgan fingerprint density at radius 3 is 2.83 bits per heavy atom. The van der Waals surface area contributed by atoms with Crippen molar-refractivity contribution < 1.29 is 9.90 Å². The Bertz CT molecular complexity index is 543. The second-order valence-electron chi connectivity index (χ2n) is 6.66. The van der Waals surface area contributed by atoms with E-state index in [1.807, 2.05) is 18.3 Å². The van der Waals surface area contributed by atoms with Gasteiger partial charge in [0, 0.05) is 50.4 Å². The summed E-state index contributed by atoms with van der Waals surface area (Å²) in [5, 5.41) is 12.6. The number of pyridine rings is 1. The average Bonchev–Trinajstić information content (AvgIpc) is 3.00. The second kappa shape index (κ2) is 7.27. The lowest BCUT2D eigenvalue weighted by molar-refractivity contribution is -0.125. The lowest BCUT2D eigenvalue weighted by Gasteiger charge is -2.34. The molecule has 2 aliphatic rings. The fraction of sp³-hybridized carbons (Fsp3) is 0.647. The van der Waals surface area contributed by atoms with E-state index in [4.69, 9.17) is 0 Å². The maximum atomic E-state index is 12.2. The first-order valence-corrected chi connectivity index (χ1v) is 8.46. The number of carbonyl (C=O) groups excluding carboxylic acids is 1. The van der Waals surface area contributed by atoms with Crippen molar-refractivity contribution in [2.75, 3.05) is 38.1 Å². The Balaban J connectivity index is 1.60. The molecule has 0 aromatic carbocycles. The normalized spacial score (nSPS) is 25.6. The Morgan fingerprint density at radius 2 is 2.13 bits per heavy atom. The molecule has 1 amide bonds. The molecule has 6 nitrogen and oxygen atoms in total. The van der Waals surface area contributed by atoms with Gasteiger partial charge in [0.05, 0.1) is 6.10 Å². The Hall–Kier alpha value is -1.66. The molecule has 1 aromatic heterocycles. The van der Waals surface area contributed by atoms with Crippen LogP contribution in [-0.4, -0.2) is 60.2 Å². The van der Waals surface area contributed by atoms with Gasteiger partial charge in [-0.05, 0) is 32.4 Å². The van der Waals surface area contributed by atoms with E-state index in [0.29, 0.717) is 13.0 Å². The van der Waals surface area contributed by atoms with E-state index in [1.165, 1.54) is 0 Å². The summed E-state index contributed by atoms with van der Waals surface area (Å²) in [6.45, 7) is 4.48. The number of anilines is 1. The van der Waals surface area contributed by atoms with Crippen LogP contribution in [0.5, 0.6) is 0 Å². The lowest BCUT2D eigenvalue weighted by atomic mass is 10.1. The van der Waals surface area contributed by atoms with Crippen molar-refractivity contribution in [1.29, 1.82) is 0 Å². The van der Waals surface area contributed by atoms with Gasteiger partial charge in [0.15, 0.2) is 0 Å². The van der Waals surface area contributed by atoms with Crippen LogP contribution in [0.25, 0.3) is 0 Å². The van der Waals surface area contributed by atoms with E-state index in [1.54, 1.807) is 0 Å². The van der Waals surface area contributed by atoms with Gasteiger partial charge in [0.2, 0.25) is 5.91 Å². The fourth-order valence-electron chi connectivity index (χ4n) is 3.39. The van der Waals surface area contributed by atoms with Crippen molar-refractivity contribution in [2.24, 2.45) is 5.92 Å². The predicted octanol–water partition coefficient (Wildman–Crippen LogP) is 0.611. The molecule has 2 heterocycles. The molecule has 6 heteroatoms. The molecule has 0 unspecified atom stereocenters. The highest BCUT2D eigenvalue weighted by Gasteiger charge is 2.28. The Labute approximate surface area is 137 Å². The molecule has 1 saturated carbocycles. The molecule has 0 bridgehead atoms. The van der Waals surface area contributed by atoms with E-state index in [9.17, 15) is 9.90 Å². The van der Waals surface area contributed by atoms with Crippen LogP contribution in [0.4, 0.5) is 5.82 Å². The summed E-state index contributed by atoms with van der Waals surface area (Å²) < 4.78 is 0. The molecule has 0 spiro atoms. The Kier molecular flexibility index (Phi) is 5.13. The van der Waals surface area contributed by atoms with Crippen molar-refractivity contribution in [3.05, 3.63) is 23.9 Å². The average molecular weight is 318 g/mol. The largest absolute Gasteiger partial charge is 0.393 e. The summed E-state index contributed by atoms with van der Waals surface area (Å²) in [7, 11) is 2.13. The molecular formula is C17H26N4O2. The van der Waals surface area contributed by atoms with Crippen molar-refractivity contribution in [1.82, 2.24) is 15.2 Å². The standard InChI is InChI=1S/C17H26N4O2/c1-20-7-9-21(10-8-20)16-14(3-2-6-18-16)12-19-17(23)13-4-5-15(22)11-13/h2-3,6,13,15,22H,4-5,7-12H2,1H3,(H,19,23)/t13-,15-/m1/s1. The van der Waals surface area contributed by atoms with Crippen molar-refractivity contribution in [3.63, 3.8) is 0 Å². The van der Waals surface area contributed by atoms with Crippen molar-refractivity contribution in [2.45, 2.75) is 31.9 Å². The SMILES string of the molecule is CN1CCN(c2ncccc2CNC(=O)[C@@H]2CC[C@@H](O)C2)CC1. The van der Waals surface area contributed by atoms with Crippen molar-refractivity contribution >= 4 is 11.7 Å². The monoisotopic (exact) mass is 318 g/mol. The van der Waals surface area contributed by atoms with Gasteiger partial charge in [-0.2, -0.15) is 0 Å². The molecule has 23 heavy (non-hydrogen) atoms. The number of piperazine rings is 1. The van der Waals surface area contributed by atoms with Crippen LogP contribution < -0.4 is 10.2 Å². The summed E-state index contributed by atoms with van der Waals surface area (Å²) in [4.78, 5) is 21.4. The van der Waals surface area contributed by atoms with Gasteiger partial charge >= 0.3 is 0 Å². The second-order valence-corrected chi connectivity index (χ2v) is 6.66. The van der Waals surface area contributed by atoms with E-state index >= 15 is 0 Å². The molecule has 1 aromatic rings. The first-order valence-electron chi connectivity index (χ1n) is 8.46. The highest BCUT2D eigenvalue weighted by atomic mass is 16.3. The number of aliphatic hydroxyl groups excluding tert-OH is 1. The van der Waals surface area contributed by atoms with Crippen molar-refractivity contribution in [3.8, 4) is 0 Å². The zero-order chi connectivity index (χ0) is 16.2. The number of hydrogen-bond acceptors (Lipinski definition) is 5. The van der Waals surface area contributed by atoms with E-state index in [0.717, 1.165) is 50.4 Å². The molecule has 0 radical (unpaired) electrons. The highest BCUT2D eigenvalue weighted by Crippen LogP contribution is 2.26. The number of hydrogen-bond donors (Lipinski definition) is 2. The van der Waals surface area contributed by atoms with Crippen LogP contribution in [0.15, 0.2) is 18.3 Å². The Morgan fingerprint density at radius 1 is 1.35 bits per heavy atom. The summed E-state index contributed by atoms with van der Waals surface area (Å²) in [6.07, 6.45) is 3.60. The highest BCUT2D eigenvalue weighted by molar-refractivity contribution is 5.79. The van der Waals surface area contributed by atoms with Crippen LogP contribution >= 0.6 is 0 Å². The molecule has 1 aliphatic heterocycles. The quantitative estimate of drug-likeness (QED) is 0.851. The van der Waals surface area contributed by atoms with Crippen LogP contribution in [0.2, 0.25) is 0 Å². The molecule has 1 aliphatic carbocycles. The first-order chi connectivity index (χ1) is 11.1. The number of nitrogens with one attached hydrogen (secondary N) is 1. The first kappa shape index (κ1) is 16.2. The molecule has 126 valence electrons. The topological polar surface area (TPSA) is 68.7 Å².